The fraction of sp³-hybridized carbons (Fsp3) is 0.440. The lowest BCUT2D eigenvalue weighted by atomic mass is 10.0. The summed E-state index contributed by atoms with van der Waals surface area (Å²) >= 11 is 0. The average molecular weight is 464 g/mol. The van der Waals surface area contributed by atoms with E-state index in [1.54, 1.807) is 25.4 Å². The minimum atomic E-state index is -0.216. The van der Waals surface area contributed by atoms with Crippen LogP contribution in [0.3, 0.4) is 0 Å². The van der Waals surface area contributed by atoms with Crippen LogP contribution in [0, 0.1) is 0 Å². The van der Waals surface area contributed by atoms with Gasteiger partial charge >= 0.3 is 0 Å². The molecule has 2 fully saturated rings. The fourth-order valence-electron chi connectivity index (χ4n) is 4.38. The highest BCUT2D eigenvalue weighted by Gasteiger charge is 2.24. The first-order valence-electron chi connectivity index (χ1n) is 11.7. The molecule has 0 aromatic carbocycles. The van der Waals surface area contributed by atoms with Crippen molar-refractivity contribution in [3.05, 3.63) is 54.1 Å². The molecule has 2 atom stereocenters. The molecule has 0 aliphatic carbocycles. The van der Waals surface area contributed by atoms with Crippen molar-refractivity contribution in [1.29, 1.82) is 0 Å². The Balaban J connectivity index is 1.94. The smallest absolute Gasteiger partial charge is 0.149 e. The quantitative estimate of drug-likeness (QED) is 0.631. The van der Waals surface area contributed by atoms with E-state index in [0.717, 1.165) is 53.8 Å². The molecule has 0 radical (unpaired) electrons. The first-order chi connectivity index (χ1) is 16.7. The van der Waals surface area contributed by atoms with Gasteiger partial charge in [-0.2, -0.15) is 0 Å². The number of nitrogens with two attached hydrogens (primary N) is 2. The number of hydrogen-bond acceptors (Lipinski definition) is 9. The van der Waals surface area contributed by atoms with Gasteiger partial charge in [0.1, 0.15) is 23.3 Å². The predicted molar refractivity (Wildman–Crippen MR) is 136 cm³/mol. The Bertz CT molecular complexity index is 1120. The molecule has 34 heavy (non-hydrogen) atoms. The van der Waals surface area contributed by atoms with E-state index in [1.807, 2.05) is 6.07 Å². The number of nitrogens with zero attached hydrogens (tertiary/aromatic N) is 5. The number of rotatable bonds is 6. The third-order valence-corrected chi connectivity index (χ3v) is 6.08. The van der Waals surface area contributed by atoms with E-state index in [9.17, 15) is 0 Å². The third-order valence-electron chi connectivity index (χ3n) is 6.08. The maximum absolute atomic E-state index is 5.86. The Hall–Kier alpha value is -3.30. The normalized spacial score (nSPS) is 22.8. The van der Waals surface area contributed by atoms with Crippen LogP contribution >= 0.6 is 0 Å². The minimum absolute atomic E-state index is 0.187. The SMILES string of the molecule is CN=C(C=CN)c1cc(N2CCOCC2C)nc2c(C(C=CN)=NC3CCCCO3)nccc12. The van der Waals surface area contributed by atoms with E-state index in [2.05, 4.69) is 27.9 Å². The highest BCUT2D eigenvalue weighted by Crippen LogP contribution is 2.28. The van der Waals surface area contributed by atoms with E-state index < -0.39 is 0 Å². The van der Waals surface area contributed by atoms with Gasteiger partial charge in [0.25, 0.3) is 0 Å². The van der Waals surface area contributed by atoms with Gasteiger partial charge < -0.3 is 25.8 Å². The summed E-state index contributed by atoms with van der Waals surface area (Å²) in [5.41, 5.74) is 15.3. The van der Waals surface area contributed by atoms with Crippen molar-refractivity contribution >= 4 is 28.1 Å². The van der Waals surface area contributed by atoms with E-state index >= 15 is 0 Å². The molecule has 4 heterocycles. The minimum Gasteiger partial charge on any atom is -0.405 e. The highest BCUT2D eigenvalue weighted by atomic mass is 16.5. The van der Waals surface area contributed by atoms with E-state index in [-0.39, 0.29) is 12.3 Å². The van der Waals surface area contributed by atoms with Crippen LogP contribution in [0.4, 0.5) is 5.82 Å². The second-order valence-electron chi connectivity index (χ2n) is 8.36. The summed E-state index contributed by atoms with van der Waals surface area (Å²) in [7, 11) is 1.76. The first-order valence-corrected chi connectivity index (χ1v) is 11.7. The highest BCUT2D eigenvalue weighted by molar-refractivity contribution is 6.20. The van der Waals surface area contributed by atoms with E-state index in [0.29, 0.717) is 31.2 Å². The molecule has 9 nitrogen and oxygen atoms in total. The lowest BCUT2D eigenvalue weighted by Gasteiger charge is -2.34. The van der Waals surface area contributed by atoms with Crippen molar-refractivity contribution in [3.63, 3.8) is 0 Å². The van der Waals surface area contributed by atoms with Crippen molar-refractivity contribution in [1.82, 2.24) is 9.97 Å². The number of fused-ring (bicyclic) bond motifs is 1. The molecular weight excluding hydrogens is 430 g/mol. The zero-order valence-corrected chi connectivity index (χ0v) is 19.9. The number of anilines is 1. The number of morpholine rings is 1. The lowest BCUT2D eigenvalue weighted by molar-refractivity contribution is 0.0224. The summed E-state index contributed by atoms with van der Waals surface area (Å²) in [6, 6.07) is 4.20. The molecular formula is C25H33N7O2. The predicted octanol–water partition coefficient (Wildman–Crippen LogP) is 2.53. The molecule has 4 rings (SSSR count). The van der Waals surface area contributed by atoms with Gasteiger partial charge in [-0.25, -0.2) is 4.98 Å². The van der Waals surface area contributed by atoms with Gasteiger partial charge in [0.05, 0.1) is 30.7 Å². The summed E-state index contributed by atoms with van der Waals surface area (Å²) < 4.78 is 11.5. The molecule has 0 spiro atoms. The van der Waals surface area contributed by atoms with Crippen LogP contribution in [-0.2, 0) is 9.47 Å². The fourth-order valence-corrected chi connectivity index (χ4v) is 4.38. The Morgan fingerprint density at radius 3 is 2.71 bits per heavy atom. The Kier molecular flexibility index (Phi) is 7.87. The number of ether oxygens (including phenoxy) is 2. The van der Waals surface area contributed by atoms with E-state index in [1.165, 1.54) is 12.4 Å². The zero-order chi connectivity index (χ0) is 23.9. The third kappa shape index (κ3) is 5.10. The van der Waals surface area contributed by atoms with Crippen molar-refractivity contribution in [2.24, 2.45) is 21.5 Å². The topological polar surface area (TPSA) is 124 Å². The summed E-state index contributed by atoms with van der Waals surface area (Å²) in [5, 5.41) is 0.913. The number of pyridine rings is 2. The molecule has 180 valence electrons. The van der Waals surface area contributed by atoms with E-state index in [4.69, 9.17) is 30.9 Å². The molecule has 2 saturated heterocycles. The number of hydrogen-bond donors (Lipinski definition) is 2. The Labute approximate surface area is 200 Å². The zero-order valence-electron chi connectivity index (χ0n) is 19.9. The van der Waals surface area contributed by atoms with Crippen molar-refractivity contribution in [3.8, 4) is 0 Å². The standard InChI is InChI=1S/C25H33N7O2/c1-17-16-33-14-12-32(17)22-15-19(20(28-2)6-9-26)18-8-11-29-25(24(18)31-22)21(7-10-27)30-23-5-3-4-13-34-23/h6-11,15,17,23H,3-5,12-14,16,26-27H2,1-2H3. The molecule has 2 unspecified atom stereocenters. The van der Waals surface area contributed by atoms with Crippen molar-refractivity contribution in [2.45, 2.75) is 38.5 Å². The molecule has 0 bridgehead atoms. The van der Waals surface area contributed by atoms with Crippen LogP contribution in [0.25, 0.3) is 10.9 Å². The van der Waals surface area contributed by atoms with Gasteiger partial charge in [-0.1, -0.05) is 0 Å². The maximum atomic E-state index is 5.86. The van der Waals surface area contributed by atoms with Crippen molar-refractivity contribution < 1.29 is 9.47 Å². The number of allylic oxidation sites excluding steroid dienone is 2. The molecule has 2 aliphatic rings. The van der Waals surface area contributed by atoms with Gasteiger partial charge in [-0.3, -0.25) is 15.0 Å². The lowest BCUT2D eigenvalue weighted by Crippen LogP contribution is -2.44. The van der Waals surface area contributed by atoms with Crippen LogP contribution in [0.1, 0.15) is 37.4 Å². The van der Waals surface area contributed by atoms with Gasteiger partial charge in [0.15, 0.2) is 0 Å². The molecule has 0 amide bonds. The Morgan fingerprint density at radius 2 is 2.00 bits per heavy atom. The maximum Gasteiger partial charge on any atom is 0.149 e. The van der Waals surface area contributed by atoms with Crippen LogP contribution in [0.5, 0.6) is 0 Å². The molecule has 4 N–H and O–H groups in total. The average Bonchev–Trinajstić information content (AvgIpc) is 2.87. The first kappa shape index (κ1) is 23.8. The van der Waals surface area contributed by atoms with Crippen LogP contribution in [-0.4, -0.2) is 67.1 Å². The molecule has 0 saturated carbocycles. The molecule has 2 aliphatic heterocycles. The van der Waals surface area contributed by atoms with Gasteiger partial charge in [0.2, 0.25) is 0 Å². The van der Waals surface area contributed by atoms with Crippen LogP contribution in [0.15, 0.2) is 52.9 Å². The summed E-state index contributed by atoms with van der Waals surface area (Å²) in [6.45, 7) is 4.89. The second kappa shape index (κ2) is 11.2. The molecule has 2 aromatic rings. The Morgan fingerprint density at radius 1 is 1.18 bits per heavy atom. The van der Waals surface area contributed by atoms with Crippen LogP contribution in [0.2, 0.25) is 0 Å². The van der Waals surface area contributed by atoms with Gasteiger partial charge in [-0.15, -0.1) is 0 Å². The summed E-state index contributed by atoms with van der Waals surface area (Å²) in [4.78, 5) is 21.4. The van der Waals surface area contributed by atoms with Gasteiger partial charge in [-0.05, 0) is 62.9 Å². The largest absolute Gasteiger partial charge is 0.405 e. The summed E-state index contributed by atoms with van der Waals surface area (Å²) in [6.07, 6.45) is 11.1. The molecule has 9 heteroatoms. The number of aromatic nitrogens is 2. The van der Waals surface area contributed by atoms with Crippen LogP contribution < -0.4 is 16.4 Å². The summed E-state index contributed by atoms with van der Waals surface area (Å²) in [5.74, 6) is 0.837. The number of aliphatic imine (C=N–C) groups is 2. The van der Waals surface area contributed by atoms with Gasteiger partial charge in [0, 0.05) is 37.3 Å². The molecule has 2 aromatic heterocycles. The monoisotopic (exact) mass is 463 g/mol. The van der Waals surface area contributed by atoms with Crippen molar-refractivity contribution in [2.75, 3.05) is 38.3 Å². The second-order valence-corrected chi connectivity index (χ2v) is 8.36.